The van der Waals surface area contributed by atoms with Gasteiger partial charge in [0.05, 0.1) is 24.9 Å². The first-order valence-corrected chi connectivity index (χ1v) is 10.7. The minimum Gasteiger partial charge on any atom is -0.444 e. The number of amides is 1. The van der Waals surface area contributed by atoms with Crippen molar-refractivity contribution in [2.45, 2.75) is 51.3 Å². The summed E-state index contributed by atoms with van der Waals surface area (Å²) < 4.78 is 34.1. The smallest absolute Gasteiger partial charge is 0.411 e. The van der Waals surface area contributed by atoms with Crippen molar-refractivity contribution in [3.8, 4) is 0 Å². The van der Waals surface area contributed by atoms with Crippen molar-refractivity contribution in [1.82, 2.24) is 4.90 Å². The van der Waals surface area contributed by atoms with E-state index < -0.39 is 21.8 Å². The van der Waals surface area contributed by atoms with Gasteiger partial charge in [0, 0.05) is 4.47 Å². The van der Waals surface area contributed by atoms with E-state index in [-0.39, 0.29) is 18.7 Å². The lowest BCUT2D eigenvalue weighted by Gasteiger charge is -2.32. The van der Waals surface area contributed by atoms with Crippen molar-refractivity contribution >= 4 is 32.1 Å². The molecule has 0 bridgehead atoms. The Morgan fingerprint density at radius 2 is 1.84 bits per heavy atom. The lowest BCUT2D eigenvalue weighted by atomic mass is 10.1. The molecule has 2 rings (SSSR count). The van der Waals surface area contributed by atoms with Crippen molar-refractivity contribution in [1.29, 1.82) is 0 Å². The SMILES string of the molecule is CC(C)(C)OC(=O)N1[C@H](COS(C)(=O)=O)CC[C@H]1c1ccc(Br)cc1. The van der Waals surface area contributed by atoms with Gasteiger partial charge in [-0.25, -0.2) is 4.79 Å². The Labute approximate surface area is 157 Å². The highest BCUT2D eigenvalue weighted by molar-refractivity contribution is 9.10. The van der Waals surface area contributed by atoms with Gasteiger partial charge in [-0.15, -0.1) is 0 Å². The van der Waals surface area contributed by atoms with Gasteiger partial charge in [-0.05, 0) is 51.3 Å². The Balaban J connectivity index is 2.25. The number of hydrogen-bond donors (Lipinski definition) is 0. The van der Waals surface area contributed by atoms with E-state index in [4.69, 9.17) is 8.92 Å². The number of carbonyl (C=O) groups excluding carboxylic acids is 1. The number of ether oxygens (including phenoxy) is 1. The van der Waals surface area contributed by atoms with Gasteiger partial charge in [0.15, 0.2) is 0 Å². The fourth-order valence-corrected chi connectivity index (χ4v) is 3.52. The molecule has 0 N–H and O–H groups in total. The zero-order valence-electron chi connectivity index (χ0n) is 14.9. The van der Waals surface area contributed by atoms with Gasteiger partial charge in [0.2, 0.25) is 0 Å². The molecule has 140 valence electrons. The molecule has 6 nitrogen and oxygen atoms in total. The third kappa shape index (κ3) is 5.97. The normalized spacial score (nSPS) is 21.4. The largest absolute Gasteiger partial charge is 0.444 e. The van der Waals surface area contributed by atoms with Crippen LogP contribution in [0.1, 0.15) is 45.2 Å². The summed E-state index contributed by atoms with van der Waals surface area (Å²) in [5, 5.41) is 0. The van der Waals surface area contributed by atoms with Gasteiger partial charge in [-0.1, -0.05) is 28.1 Å². The number of likely N-dealkylation sites (tertiary alicyclic amines) is 1. The molecule has 0 aromatic heterocycles. The van der Waals surface area contributed by atoms with E-state index in [9.17, 15) is 13.2 Å². The molecule has 0 aliphatic carbocycles. The zero-order chi connectivity index (χ0) is 18.8. The molecule has 2 atom stereocenters. The Bertz CT molecular complexity index is 712. The van der Waals surface area contributed by atoms with Crippen molar-refractivity contribution in [3.63, 3.8) is 0 Å². The number of carbonyl (C=O) groups is 1. The lowest BCUT2D eigenvalue weighted by Crippen LogP contribution is -2.43. The number of nitrogens with zero attached hydrogens (tertiary/aromatic N) is 1. The summed E-state index contributed by atoms with van der Waals surface area (Å²) in [5.74, 6) is 0. The van der Waals surface area contributed by atoms with Crippen LogP contribution in [-0.4, -0.2) is 43.9 Å². The van der Waals surface area contributed by atoms with Crippen molar-refractivity contribution in [3.05, 3.63) is 34.3 Å². The molecule has 0 unspecified atom stereocenters. The predicted octanol–water partition coefficient (Wildman–Crippen LogP) is 3.87. The molecule has 1 fully saturated rings. The van der Waals surface area contributed by atoms with Crippen molar-refractivity contribution < 1.29 is 22.1 Å². The highest BCUT2D eigenvalue weighted by Crippen LogP contribution is 2.38. The number of benzene rings is 1. The zero-order valence-corrected chi connectivity index (χ0v) is 17.3. The van der Waals surface area contributed by atoms with Crippen LogP contribution >= 0.6 is 15.9 Å². The van der Waals surface area contributed by atoms with E-state index in [2.05, 4.69) is 15.9 Å². The maximum atomic E-state index is 12.7. The average Bonchev–Trinajstić information content (AvgIpc) is 2.87. The summed E-state index contributed by atoms with van der Waals surface area (Å²) in [6, 6.07) is 7.22. The second-order valence-electron chi connectivity index (χ2n) is 7.17. The Morgan fingerprint density at radius 3 is 2.36 bits per heavy atom. The van der Waals surface area contributed by atoms with Crippen LogP contribution in [0.25, 0.3) is 0 Å². The summed E-state index contributed by atoms with van der Waals surface area (Å²) in [4.78, 5) is 14.3. The molecule has 1 aliphatic rings. The van der Waals surface area contributed by atoms with E-state index >= 15 is 0 Å². The average molecular weight is 434 g/mol. The van der Waals surface area contributed by atoms with Crippen molar-refractivity contribution in [2.75, 3.05) is 12.9 Å². The van der Waals surface area contributed by atoms with Crippen LogP contribution < -0.4 is 0 Å². The standard InChI is InChI=1S/C17H24BrNO5S/c1-17(2,3)24-16(20)19-14(11-23-25(4,21)22)9-10-15(19)12-5-7-13(18)8-6-12/h5-8,14-15H,9-11H2,1-4H3/t14-,15-/m0/s1. The first-order chi connectivity index (χ1) is 11.5. The van der Waals surface area contributed by atoms with Gasteiger partial charge in [-0.2, -0.15) is 8.42 Å². The van der Waals surface area contributed by atoms with E-state index in [0.717, 1.165) is 22.7 Å². The van der Waals surface area contributed by atoms with Crippen LogP contribution in [-0.2, 0) is 19.0 Å². The minimum absolute atomic E-state index is 0.0644. The molecule has 1 amide bonds. The molecular formula is C17H24BrNO5S. The quantitative estimate of drug-likeness (QED) is 0.673. The van der Waals surface area contributed by atoms with Crippen LogP contribution in [0.15, 0.2) is 28.7 Å². The predicted molar refractivity (Wildman–Crippen MR) is 98.8 cm³/mol. The number of hydrogen-bond acceptors (Lipinski definition) is 5. The Hall–Kier alpha value is -1.12. The topological polar surface area (TPSA) is 72.9 Å². The molecule has 1 aromatic rings. The molecule has 0 saturated carbocycles. The van der Waals surface area contributed by atoms with E-state index in [1.54, 1.807) is 25.7 Å². The van der Waals surface area contributed by atoms with Crippen LogP contribution in [0.3, 0.4) is 0 Å². The monoisotopic (exact) mass is 433 g/mol. The summed E-state index contributed by atoms with van der Waals surface area (Å²) in [7, 11) is -3.57. The van der Waals surface area contributed by atoms with Crippen LogP contribution in [0, 0.1) is 0 Å². The third-order valence-electron chi connectivity index (χ3n) is 3.84. The molecule has 1 aliphatic heterocycles. The lowest BCUT2D eigenvalue weighted by molar-refractivity contribution is 0.0102. The molecule has 0 radical (unpaired) electrons. The second kappa shape index (κ2) is 7.63. The summed E-state index contributed by atoms with van der Waals surface area (Å²) in [5.41, 5.74) is 0.350. The van der Waals surface area contributed by atoms with Crippen LogP contribution in [0.2, 0.25) is 0 Å². The third-order valence-corrected chi connectivity index (χ3v) is 4.93. The Morgan fingerprint density at radius 1 is 1.24 bits per heavy atom. The Kier molecular flexibility index (Phi) is 6.17. The highest BCUT2D eigenvalue weighted by Gasteiger charge is 2.40. The van der Waals surface area contributed by atoms with Crippen LogP contribution in [0.5, 0.6) is 0 Å². The second-order valence-corrected chi connectivity index (χ2v) is 9.73. The highest BCUT2D eigenvalue weighted by atomic mass is 79.9. The summed E-state index contributed by atoms with van der Waals surface area (Å²) in [6.07, 6.45) is 1.92. The molecule has 1 heterocycles. The summed E-state index contributed by atoms with van der Waals surface area (Å²) in [6.45, 7) is 5.35. The minimum atomic E-state index is -3.57. The van der Waals surface area contributed by atoms with Crippen LogP contribution in [0.4, 0.5) is 4.79 Å². The van der Waals surface area contributed by atoms with E-state index in [0.29, 0.717) is 6.42 Å². The first kappa shape index (κ1) is 20.2. The van der Waals surface area contributed by atoms with E-state index in [1.165, 1.54) is 0 Å². The van der Waals surface area contributed by atoms with Gasteiger partial charge >= 0.3 is 6.09 Å². The maximum Gasteiger partial charge on any atom is 0.411 e. The molecule has 25 heavy (non-hydrogen) atoms. The van der Waals surface area contributed by atoms with Gasteiger partial charge in [-0.3, -0.25) is 9.08 Å². The fourth-order valence-electron chi connectivity index (χ4n) is 2.85. The van der Waals surface area contributed by atoms with Gasteiger partial charge in [0.1, 0.15) is 5.60 Å². The fraction of sp³-hybridized carbons (Fsp3) is 0.588. The molecular weight excluding hydrogens is 410 g/mol. The molecule has 1 aromatic carbocycles. The molecule has 1 saturated heterocycles. The number of rotatable bonds is 4. The molecule has 8 heteroatoms. The first-order valence-electron chi connectivity index (χ1n) is 8.07. The van der Waals surface area contributed by atoms with Crippen molar-refractivity contribution in [2.24, 2.45) is 0 Å². The number of halogens is 1. The van der Waals surface area contributed by atoms with E-state index in [1.807, 2.05) is 24.3 Å². The molecule has 0 spiro atoms. The maximum absolute atomic E-state index is 12.7. The summed E-state index contributed by atoms with van der Waals surface area (Å²) >= 11 is 3.40. The van der Waals surface area contributed by atoms with Gasteiger partial charge in [0.25, 0.3) is 10.1 Å². The van der Waals surface area contributed by atoms with Gasteiger partial charge < -0.3 is 4.74 Å².